The Morgan fingerprint density at radius 1 is 1.35 bits per heavy atom. The van der Waals surface area contributed by atoms with E-state index in [0.29, 0.717) is 5.92 Å². The SMILES string of the molecule is CC1CCCC1NC(=O)NCC(C)(C)C(=O)O. The maximum absolute atomic E-state index is 11.6. The lowest BCUT2D eigenvalue weighted by Gasteiger charge is -2.22. The monoisotopic (exact) mass is 242 g/mol. The van der Waals surface area contributed by atoms with Crippen LogP contribution in [0.1, 0.15) is 40.0 Å². The average molecular weight is 242 g/mol. The minimum Gasteiger partial charge on any atom is -0.481 e. The van der Waals surface area contributed by atoms with Gasteiger partial charge in [0.25, 0.3) is 0 Å². The van der Waals surface area contributed by atoms with Gasteiger partial charge in [-0.15, -0.1) is 0 Å². The Balaban J connectivity index is 2.33. The molecule has 0 aromatic heterocycles. The van der Waals surface area contributed by atoms with Crippen molar-refractivity contribution in [1.29, 1.82) is 0 Å². The minimum atomic E-state index is -0.932. The first kappa shape index (κ1) is 13.8. The summed E-state index contributed by atoms with van der Waals surface area (Å²) in [6, 6.07) is -0.0407. The summed E-state index contributed by atoms with van der Waals surface area (Å²) in [5.74, 6) is -0.403. The summed E-state index contributed by atoms with van der Waals surface area (Å²) in [6.07, 6.45) is 3.30. The topological polar surface area (TPSA) is 78.4 Å². The number of rotatable bonds is 4. The molecule has 5 heteroatoms. The van der Waals surface area contributed by atoms with Crippen molar-refractivity contribution in [2.75, 3.05) is 6.54 Å². The third-order valence-electron chi connectivity index (χ3n) is 3.45. The van der Waals surface area contributed by atoms with E-state index in [-0.39, 0.29) is 18.6 Å². The van der Waals surface area contributed by atoms with Crippen molar-refractivity contribution in [1.82, 2.24) is 10.6 Å². The van der Waals surface area contributed by atoms with Crippen LogP contribution >= 0.6 is 0 Å². The Labute approximate surface area is 102 Å². The van der Waals surface area contributed by atoms with Crippen LogP contribution in [-0.4, -0.2) is 29.7 Å². The molecule has 2 unspecified atom stereocenters. The van der Waals surface area contributed by atoms with Crippen molar-refractivity contribution >= 4 is 12.0 Å². The van der Waals surface area contributed by atoms with Gasteiger partial charge in [0, 0.05) is 12.6 Å². The van der Waals surface area contributed by atoms with Crippen LogP contribution in [0.15, 0.2) is 0 Å². The average Bonchev–Trinajstić information content (AvgIpc) is 2.61. The summed E-state index contributed by atoms with van der Waals surface area (Å²) in [5, 5.41) is 14.4. The molecule has 0 bridgehead atoms. The lowest BCUT2D eigenvalue weighted by Crippen LogP contribution is -2.47. The number of nitrogens with one attached hydrogen (secondary N) is 2. The Kier molecular flexibility index (Phi) is 4.37. The number of amides is 2. The molecule has 1 aliphatic carbocycles. The molecule has 1 saturated carbocycles. The summed E-state index contributed by atoms with van der Waals surface area (Å²) in [7, 11) is 0. The van der Waals surface area contributed by atoms with Crippen molar-refractivity contribution in [3.05, 3.63) is 0 Å². The molecule has 2 amide bonds. The summed E-state index contributed by atoms with van der Waals surface area (Å²) in [4.78, 5) is 22.5. The zero-order chi connectivity index (χ0) is 13.1. The molecule has 0 saturated heterocycles. The van der Waals surface area contributed by atoms with Crippen LogP contribution in [0.5, 0.6) is 0 Å². The smallest absolute Gasteiger partial charge is 0.315 e. The zero-order valence-corrected chi connectivity index (χ0v) is 10.7. The molecule has 0 aromatic carbocycles. The molecule has 5 nitrogen and oxygen atoms in total. The highest BCUT2D eigenvalue weighted by Crippen LogP contribution is 2.24. The number of carbonyl (C=O) groups is 2. The van der Waals surface area contributed by atoms with E-state index in [9.17, 15) is 9.59 Å². The van der Waals surface area contributed by atoms with Gasteiger partial charge >= 0.3 is 12.0 Å². The standard InChI is InChI=1S/C12H22N2O3/c1-8-5-4-6-9(8)14-11(17)13-7-12(2,3)10(15)16/h8-9H,4-7H2,1-3H3,(H,15,16)(H2,13,14,17). The van der Waals surface area contributed by atoms with E-state index in [2.05, 4.69) is 17.6 Å². The van der Waals surface area contributed by atoms with Gasteiger partial charge in [-0.1, -0.05) is 13.3 Å². The van der Waals surface area contributed by atoms with E-state index in [1.807, 2.05) is 0 Å². The number of urea groups is 1. The van der Waals surface area contributed by atoms with Crippen molar-refractivity contribution in [3.8, 4) is 0 Å². The summed E-state index contributed by atoms with van der Waals surface area (Å²) >= 11 is 0. The van der Waals surface area contributed by atoms with E-state index in [0.717, 1.165) is 19.3 Å². The van der Waals surface area contributed by atoms with Crippen LogP contribution in [-0.2, 0) is 4.79 Å². The number of hydrogen-bond donors (Lipinski definition) is 3. The molecule has 0 heterocycles. The third kappa shape index (κ3) is 3.91. The first-order valence-corrected chi connectivity index (χ1v) is 6.10. The lowest BCUT2D eigenvalue weighted by molar-refractivity contribution is -0.146. The van der Waals surface area contributed by atoms with Crippen molar-refractivity contribution < 1.29 is 14.7 Å². The van der Waals surface area contributed by atoms with E-state index < -0.39 is 11.4 Å². The molecule has 0 radical (unpaired) electrons. The molecule has 0 spiro atoms. The van der Waals surface area contributed by atoms with Gasteiger partial charge in [0.2, 0.25) is 0 Å². The first-order valence-electron chi connectivity index (χ1n) is 6.10. The fraction of sp³-hybridized carbons (Fsp3) is 0.833. The van der Waals surface area contributed by atoms with Gasteiger partial charge in [0.1, 0.15) is 0 Å². The number of carboxylic acids is 1. The van der Waals surface area contributed by atoms with Gasteiger partial charge in [0.15, 0.2) is 0 Å². The highest BCUT2D eigenvalue weighted by atomic mass is 16.4. The van der Waals surface area contributed by atoms with Crippen LogP contribution < -0.4 is 10.6 Å². The van der Waals surface area contributed by atoms with Gasteiger partial charge in [-0.3, -0.25) is 4.79 Å². The van der Waals surface area contributed by atoms with Gasteiger partial charge in [0.05, 0.1) is 5.41 Å². The van der Waals surface area contributed by atoms with Gasteiger partial charge in [-0.05, 0) is 32.6 Å². The second-order valence-corrected chi connectivity index (χ2v) is 5.53. The largest absolute Gasteiger partial charge is 0.481 e. The molecule has 0 aliphatic heterocycles. The molecular weight excluding hydrogens is 220 g/mol. The zero-order valence-electron chi connectivity index (χ0n) is 10.7. The third-order valence-corrected chi connectivity index (χ3v) is 3.45. The predicted octanol–water partition coefficient (Wildman–Crippen LogP) is 1.58. The first-order chi connectivity index (χ1) is 7.83. The van der Waals surface area contributed by atoms with Crippen LogP contribution in [0, 0.1) is 11.3 Å². The second kappa shape index (κ2) is 5.38. The molecular formula is C12H22N2O3. The normalized spacial score (nSPS) is 24.4. The molecule has 1 aliphatic rings. The number of aliphatic carboxylic acids is 1. The van der Waals surface area contributed by atoms with Gasteiger partial charge < -0.3 is 15.7 Å². The maximum Gasteiger partial charge on any atom is 0.315 e. The quantitative estimate of drug-likeness (QED) is 0.700. The van der Waals surface area contributed by atoms with Crippen molar-refractivity contribution in [2.24, 2.45) is 11.3 Å². The lowest BCUT2D eigenvalue weighted by atomic mass is 9.94. The van der Waals surface area contributed by atoms with E-state index in [1.165, 1.54) is 0 Å². The van der Waals surface area contributed by atoms with Crippen molar-refractivity contribution in [2.45, 2.75) is 46.1 Å². The fourth-order valence-corrected chi connectivity index (χ4v) is 1.96. The summed E-state index contributed by atoms with van der Waals surface area (Å²) in [5.41, 5.74) is -0.932. The predicted molar refractivity (Wildman–Crippen MR) is 64.8 cm³/mol. The van der Waals surface area contributed by atoms with Crippen LogP contribution in [0.25, 0.3) is 0 Å². The molecule has 17 heavy (non-hydrogen) atoms. The molecule has 2 atom stereocenters. The second-order valence-electron chi connectivity index (χ2n) is 5.53. The highest BCUT2D eigenvalue weighted by molar-refractivity contribution is 5.77. The van der Waals surface area contributed by atoms with E-state index >= 15 is 0 Å². The van der Waals surface area contributed by atoms with E-state index in [4.69, 9.17) is 5.11 Å². The molecule has 98 valence electrons. The van der Waals surface area contributed by atoms with Crippen molar-refractivity contribution in [3.63, 3.8) is 0 Å². The highest BCUT2D eigenvalue weighted by Gasteiger charge is 2.29. The summed E-state index contributed by atoms with van der Waals surface area (Å²) in [6.45, 7) is 5.44. The minimum absolute atomic E-state index is 0.134. The number of carbonyl (C=O) groups excluding carboxylic acids is 1. The Hall–Kier alpha value is -1.26. The molecule has 1 fully saturated rings. The maximum atomic E-state index is 11.6. The number of carboxylic acid groups (broad SMARTS) is 1. The van der Waals surface area contributed by atoms with Crippen LogP contribution in [0.2, 0.25) is 0 Å². The Morgan fingerprint density at radius 3 is 2.47 bits per heavy atom. The van der Waals surface area contributed by atoms with Gasteiger partial charge in [-0.2, -0.15) is 0 Å². The van der Waals surface area contributed by atoms with Gasteiger partial charge in [-0.25, -0.2) is 4.79 Å². The Morgan fingerprint density at radius 2 is 2.00 bits per heavy atom. The molecule has 1 rings (SSSR count). The Bertz CT molecular complexity index is 302. The number of hydrogen-bond acceptors (Lipinski definition) is 2. The van der Waals surface area contributed by atoms with E-state index in [1.54, 1.807) is 13.8 Å². The molecule has 3 N–H and O–H groups in total. The van der Waals surface area contributed by atoms with Crippen LogP contribution in [0.4, 0.5) is 4.79 Å². The summed E-state index contributed by atoms with van der Waals surface area (Å²) < 4.78 is 0. The fourth-order valence-electron chi connectivity index (χ4n) is 1.96. The molecule has 0 aromatic rings. The van der Waals surface area contributed by atoms with Crippen LogP contribution in [0.3, 0.4) is 0 Å².